The number of para-hydroxylation sites is 3. The zero-order valence-corrected chi connectivity index (χ0v) is 38.5. The molecule has 2 heterocycles. The zero-order valence-electron chi connectivity index (χ0n) is 37.7. The van der Waals surface area contributed by atoms with Crippen molar-refractivity contribution in [2.75, 3.05) is 9.80 Å². The molecule has 10 aromatic carbocycles. The second kappa shape index (κ2) is 14.7. The lowest BCUT2D eigenvalue weighted by Crippen LogP contribution is -2.32. The highest BCUT2D eigenvalue weighted by atomic mass is 32.2. The summed E-state index contributed by atoms with van der Waals surface area (Å²) in [6.07, 6.45) is 0. The van der Waals surface area contributed by atoms with Gasteiger partial charge in [-0.1, -0.05) is 183 Å². The highest BCUT2D eigenvalue weighted by Crippen LogP contribution is 2.63. The van der Waals surface area contributed by atoms with Gasteiger partial charge in [0.1, 0.15) is 5.58 Å². The molecular formula is C64H44N2OS. The monoisotopic (exact) mass is 888 g/mol. The Balaban J connectivity index is 0.985. The number of hydrogen-bond donors (Lipinski definition) is 0. The van der Waals surface area contributed by atoms with Gasteiger partial charge < -0.3 is 14.2 Å². The van der Waals surface area contributed by atoms with Gasteiger partial charge in [-0.3, -0.25) is 0 Å². The Morgan fingerprint density at radius 1 is 0.353 bits per heavy atom. The predicted octanol–water partition coefficient (Wildman–Crippen LogP) is 17.7. The maximum atomic E-state index is 6.87. The molecule has 1 spiro atoms. The van der Waals surface area contributed by atoms with Crippen LogP contribution in [0.5, 0.6) is 0 Å². The fourth-order valence-electron chi connectivity index (χ4n) is 12.0. The molecule has 1 aliphatic heterocycles. The molecular weight excluding hydrogens is 845 g/mol. The van der Waals surface area contributed by atoms with Crippen molar-refractivity contribution in [3.05, 3.63) is 264 Å². The van der Waals surface area contributed by atoms with E-state index in [2.05, 4.69) is 254 Å². The lowest BCUT2D eigenvalue weighted by molar-refractivity contribution is 0.660. The lowest BCUT2D eigenvalue weighted by Gasteiger charge is -2.40. The van der Waals surface area contributed by atoms with Gasteiger partial charge in [-0.2, -0.15) is 0 Å². The van der Waals surface area contributed by atoms with Crippen LogP contribution in [0.25, 0.3) is 44.2 Å². The number of furan rings is 1. The Labute approximate surface area is 400 Å². The van der Waals surface area contributed by atoms with Crippen LogP contribution in [-0.2, 0) is 10.8 Å². The predicted molar refractivity (Wildman–Crippen MR) is 282 cm³/mol. The first-order valence-corrected chi connectivity index (χ1v) is 24.3. The third-order valence-electron chi connectivity index (χ3n) is 14.9. The minimum absolute atomic E-state index is 0.138. The molecule has 11 aromatic rings. The molecule has 0 unspecified atom stereocenters. The molecule has 0 saturated carbocycles. The summed E-state index contributed by atoms with van der Waals surface area (Å²) < 4.78 is 6.87. The zero-order chi connectivity index (χ0) is 45.1. The molecule has 0 amide bonds. The van der Waals surface area contributed by atoms with Crippen molar-refractivity contribution < 1.29 is 4.42 Å². The van der Waals surface area contributed by atoms with Crippen molar-refractivity contribution >= 4 is 67.8 Å². The largest absolute Gasteiger partial charge is 0.454 e. The normalized spacial score (nSPS) is 14.2. The molecule has 0 saturated heterocycles. The first-order valence-electron chi connectivity index (χ1n) is 23.5. The Hall–Kier alpha value is -8.05. The van der Waals surface area contributed by atoms with Gasteiger partial charge in [0.15, 0.2) is 5.58 Å². The van der Waals surface area contributed by atoms with Crippen LogP contribution < -0.4 is 9.80 Å². The van der Waals surface area contributed by atoms with Crippen molar-refractivity contribution in [2.45, 2.75) is 34.5 Å². The molecule has 2 aliphatic carbocycles. The van der Waals surface area contributed by atoms with Gasteiger partial charge in [-0.15, -0.1) is 0 Å². The van der Waals surface area contributed by atoms with E-state index in [0.29, 0.717) is 0 Å². The number of benzene rings is 10. The van der Waals surface area contributed by atoms with E-state index in [0.717, 1.165) is 56.1 Å². The average Bonchev–Trinajstić information content (AvgIpc) is 3.99. The summed E-state index contributed by atoms with van der Waals surface area (Å²) in [5, 5.41) is 2.19. The minimum atomic E-state index is -0.464. The summed E-state index contributed by atoms with van der Waals surface area (Å²) >= 11 is 1.87. The van der Waals surface area contributed by atoms with Crippen molar-refractivity contribution in [1.82, 2.24) is 0 Å². The van der Waals surface area contributed by atoms with E-state index in [4.69, 9.17) is 4.42 Å². The summed E-state index contributed by atoms with van der Waals surface area (Å²) in [5.74, 6) is 0. The molecule has 0 atom stereocenters. The van der Waals surface area contributed by atoms with E-state index in [-0.39, 0.29) is 5.41 Å². The van der Waals surface area contributed by atoms with Gasteiger partial charge in [0.05, 0.1) is 11.1 Å². The highest BCUT2D eigenvalue weighted by Gasteiger charge is 2.50. The number of anilines is 6. The van der Waals surface area contributed by atoms with E-state index in [1.54, 1.807) is 0 Å². The summed E-state index contributed by atoms with van der Waals surface area (Å²) in [6, 6.07) is 84.9. The lowest BCUT2D eigenvalue weighted by atomic mass is 9.67. The van der Waals surface area contributed by atoms with Crippen LogP contribution in [0.15, 0.2) is 245 Å². The molecule has 0 bridgehead atoms. The van der Waals surface area contributed by atoms with Crippen LogP contribution in [0.1, 0.15) is 47.2 Å². The van der Waals surface area contributed by atoms with Gasteiger partial charge in [0.25, 0.3) is 0 Å². The molecule has 68 heavy (non-hydrogen) atoms. The van der Waals surface area contributed by atoms with Crippen LogP contribution in [0.4, 0.5) is 34.1 Å². The first-order chi connectivity index (χ1) is 33.5. The van der Waals surface area contributed by atoms with E-state index < -0.39 is 5.41 Å². The smallest absolute Gasteiger partial charge is 0.159 e. The molecule has 322 valence electrons. The Bertz CT molecular complexity index is 3800. The fourth-order valence-corrected chi connectivity index (χ4v) is 13.2. The number of nitrogens with zero attached hydrogens (tertiary/aromatic N) is 2. The van der Waals surface area contributed by atoms with Crippen LogP contribution in [0, 0.1) is 0 Å². The molecule has 0 N–H and O–H groups in total. The third kappa shape index (κ3) is 5.49. The molecule has 1 aromatic heterocycles. The quantitative estimate of drug-likeness (QED) is 0.166. The number of rotatable bonds is 6. The van der Waals surface area contributed by atoms with Crippen LogP contribution in [0.3, 0.4) is 0 Å². The molecule has 0 radical (unpaired) electrons. The van der Waals surface area contributed by atoms with Crippen LogP contribution in [-0.4, -0.2) is 0 Å². The second-order valence-electron chi connectivity index (χ2n) is 18.8. The third-order valence-corrected chi connectivity index (χ3v) is 16.0. The van der Waals surface area contributed by atoms with Gasteiger partial charge in [0, 0.05) is 54.4 Å². The van der Waals surface area contributed by atoms with Gasteiger partial charge in [-0.05, 0) is 128 Å². The maximum Gasteiger partial charge on any atom is 0.159 e. The summed E-state index contributed by atoms with van der Waals surface area (Å²) in [4.78, 5) is 7.32. The Kier molecular flexibility index (Phi) is 8.48. The summed E-state index contributed by atoms with van der Waals surface area (Å²) in [7, 11) is 0. The topological polar surface area (TPSA) is 19.6 Å². The van der Waals surface area contributed by atoms with E-state index in [1.165, 1.54) is 65.4 Å². The second-order valence-corrected chi connectivity index (χ2v) is 19.9. The maximum absolute atomic E-state index is 6.87. The van der Waals surface area contributed by atoms with Crippen molar-refractivity contribution in [1.29, 1.82) is 0 Å². The molecule has 0 fully saturated rings. The number of hydrogen-bond acceptors (Lipinski definition) is 4. The minimum Gasteiger partial charge on any atom is -0.454 e. The van der Waals surface area contributed by atoms with Crippen molar-refractivity contribution in [3.8, 4) is 22.3 Å². The molecule has 3 nitrogen and oxygen atoms in total. The molecule has 14 rings (SSSR count). The van der Waals surface area contributed by atoms with Crippen LogP contribution in [0.2, 0.25) is 0 Å². The Morgan fingerprint density at radius 3 is 1.66 bits per heavy atom. The SMILES string of the molecule is CC1(C)c2ccccc2-c2ccc(N(c3ccccc3)c3cccc(N(c4ccc5c(c4)Sc4ccccc4C54c5ccccc5-c5ccccc54)c4cccc5c4oc4ccccc45)c3)cc21. The van der Waals surface area contributed by atoms with Crippen LogP contribution >= 0.6 is 11.8 Å². The molecule has 4 heteroatoms. The van der Waals surface area contributed by atoms with E-state index in [9.17, 15) is 0 Å². The molecule has 3 aliphatic rings. The van der Waals surface area contributed by atoms with Crippen molar-refractivity contribution in [2.24, 2.45) is 0 Å². The standard InChI is InChI=1S/C64H44N2OS/c1-63(2)52-27-10-6-22-46(52)49-36-34-44(39-57(49)63)65(41-18-4-3-5-19-41)42-20-16-21-43(38-42)66(58-31-17-26-51-50-25-9-14-32-59(50)67-62(51)58)45-35-37-56-61(40-45)68-60-33-15-13-30-55(60)64(56)53-28-11-7-23-47(53)48-24-8-12-29-54(48)64/h3-40H,1-2H3. The number of fused-ring (bicyclic) bond motifs is 15. The van der Waals surface area contributed by atoms with E-state index in [1.807, 2.05) is 11.8 Å². The average molecular weight is 889 g/mol. The van der Waals surface area contributed by atoms with E-state index >= 15 is 0 Å². The van der Waals surface area contributed by atoms with Gasteiger partial charge >= 0.3 is 0 Å². The van der Waals surface area contributed by atoms with Gasteiger partial charge in [-0.25, -0.2) is 0 Å². The Morgan fingerprint density at radius 2 is 0.882 bits per heavy atom. The fraction of sp³-hybridized carbons (Fsp3) is 0.0625. The van der Waals surface area contributed by atoms with Crippen molar-refractivity contribution in [3.63, 3.8) is 0 Å². The summed E-state index contributed by atoms with van der Waals surface area (Å²) in [6.45, 7) is 4.71. The van der Waals surface area contributed by atoms with Gasteiger partial charge in [0.2, 0.25) is 0 Å². The first kappa shape index (κ1) is 39.1. The highest BCUT2D eigenvalue weighted by molar-refractivity contribution is 7.99. The summed E-state index contributed by atoms with van der Waals surface area (Å²) in [5.41, 5.74) is 20.7.